The van der Waals surface area contributed by atoms with Crippen LogP contribution in [0, 0.1) is 0 Å². The summed E-state index contributed by atoms with van der Waals surface area (Å²) in [4.78, 5) is 16.5. The Morgan fingerprint density at radius 1 is 1.12 bits per heavy atom. The maximum absolute atomic E-state index is 13.4. The number of rotatable bonds is 5. The summed E-state index contributed by atoms with van der Waals surface area (Å²) in [5.41, 5.74) is 1.88. The van der Waals surface area contributed by atoms with Crippen LogP contribution >= 0.6 is 11.8 Å². The van der Waals surface area contributed by atoms with Crippen molar-refractivity contribution in [3.63, 3.8) is 0 Å². The smallest absolute Gasteiger partial charge is 0.255 e. The van der Waals surface area contributed by atoms with Crippen LogP contribution in [0.5, 0.6) is 11.5 Å². The zero-order chi connectivity index (χ0) is 17.9. The van der Waals surface area contributed by atoms with Gasteiger partial charge in [0.2, 0.25) is 6.79 Å². The predicted molar refractivity (Wildman–Crippen MR) is 103 cm³/mol. The van der Waals surface area contributed by atoms with E-state index in [1.54, 1.807) is 11.8 Å². The van der Waals surface area contributed by atoms with E-state index in [4.69, 9.17) is 9.47 Å². The molecule has 5 heteroatoms. The largest absolute Gasteiger partial charge is 0.454 e. The lowest BCUT2D eigenvalue weighted by atomic mass is 10.1. The molecular weight excluding hydrogens is 346 g/mol. The minimum Gasteiger partial charge on any atom is -0.454 e. The summed E-state index contributed by atoms with van der Waals surface area (Å²) in [7, 11) is 0. The van der Waals surface area contributed by atoms with Crippen LogP contribution in [0.15, 0.2) is 47.4 Å². The number of carbonyl (C=O) groups is 1. The van der Waals surface area contributed by atoms with Crippen molar-refractivity contribution < 1.29 is 14.3 Å². The molecule has 0 saturated heterocycles. The number of carbonyl (C=O) groups excluding carboxylic acids is 1. The summed E-state index contributed by atoms with van der Waals surface area (Å²) in [5.74, 6) is 1.67. The minimum atomic E-state index is 0.125. The summed E-state index contributed by atoms with van der Waals surface area (Å²) in [5, 5.41) is 0. The lowest BCUT2D eigenvalue weighted by molar-refractivity contribution is 0.0660. The van der Waals surface area contributed by atoms with E-state index >= 15 is 0 Å². The van der Waals surface area contributed by atoms with Gasteiger partial charge in [0, 0.05) is 17.5 Å². The molecule has 4 nitrogen and oxygen atoms in total. The number of fused-ring (bicyclic) bond motifs is 1. The zero-order valence-corrected chi connectivity index (χ0v) is 15.8. The summed E-state index contributed by atoms with van der Waals surface area (Å²) in [6.45, 7) is 0.869. The summed E-state index contributed by atoms with van der Waals surface area (Å²) in [6.07, 6.45) is 6.57. The molecule has 26 heavy (non-hydrogen) atoms. The highest BCUT2D eigenvalue weighted by atomic mass is 32.2. The first-order valence-electron chi connectivity index (χ1n) is 9.09. The van der Waals surface area contributed by atoms with E-state index in [0.29, 0.717) is 12.6 Å². The van der Waals surface area contributed by atoms with Crippen LogP contribution in [0.2, 0.25) is 0 Å². The molecule has 1 heterocycles. The SMILES string of the molecule is CSc1ccccc1C(=O)N(Cc1ccc2c(c1)OCO2)C1CCCC1. The molecule has 136 valence electrons. The van der Waals surface area contributed by atoms with E-state index in [0.717, 1.165) is 40.4 Å². The van der Waals surface area contributed by atoms with Crippen LogP contribution in [0.3, 0.4) is 0 Å². The van der Waals surface area contributed by atoms with Gasteiger partial charge in [-0.2, -0.15) is 0 Å². The second kappa shape index (κ2) is 7.62. The van der Waals surface area contributed by atoms with Crippen molar-refractivity contribution in [1.29, 1.82) is 0 Å². The van der Waals surface area contributed by atoms with Crippen molar-refractivity contribution in [2.45, 2.75) is 43.2 Å². The third-order valence-corrected chi connectivity index (χ3v) is 5.95. The first kappa shape index (κ1) is 17.3. The second-order valence-electron chi connectivity index (χ2n) is 6.76. The molecule has 0 bridgehead atoms. The molecule has 2 aliphatic rings. The molecule has 1 amide bonds. The molecule has 1 fully saturated rings. The number of hydrogen-bond donors (Lipinski definition) is 0. The minimum absolute atomic E-state index is 0.125. The first-order valence-corrected chi connectivity index (χ1v) is 10.3. The van der Waals surface area contributed by atoms with Gasteiger partial charge in [0.25, 0.3) is 5.91 Å². The maximum atomic E-state index is 13.4. The molecule has 2 aromatic rings. The molecule has 2 aromatic carbocycles. The van der Waals surface area contributed by atoms with Crippen LogP contribution in [0.25, 0.3) is 0 Å². The number of thioether (sulfide) groups is 1. The second-order valence-corrected chi connectivity index (χ2v) is 7.61. The average Bonchev–Trinajstić information content (AvgIpc) is 3.36. The Balaban J connectivity index is 1.63. The molecule has 0 atom stereocenters. The Morgan fingerprint density at radius 3 is 2.69 bits per heavy atom. The zero-order valence-electron chi connectivity index (χ0n) is 14.9. The van der Waals surface area contributed by atoms with Crippen molar-refractivity contribution >= 4 is 17.7 Å². The number of benzene rings is 2. The lowest BCUT2D eigenvalue weighted by Gasteiger charge is -2.30. The maximum Gasteiger partial charge on any atom is 0.255 e. The Labute approximate surface area is 158 Å². The fourth-order valence-electron chi connectivity index (χ4n) is 3.79. The van der Waals surface area contributed by atoms with Crippen molar-refractivity contribution in [2.75, 3.05) is 13.0 Å². The molecule has 1 saturated carbocycles. The van der Waals surface area contributed by atoms with Crippen molar-refractivity contribution in [3.05, 3.63) is 53.6 Å². The summed E-state index contributed by atoms with van der Waals surface area (Å²) < 4.78 is 10.9. The van der Waals surface area contributed by atoms with Gasteiger partial charge in [-0.05, 0) is 48.9 Å². The van der Waals surface area contributed by atoms with Crippen molar-refractivity contribution in [3.8, 4) is 11.5 Å². The third-order valence-electron chi connectivity index (χ3n) is 5.15. The van der Waals surface area contributed by atoms with Crippen molar-refractivity contribution in [1.82, 2.24) is 4.90 Å². The summed E-state index contributed by atoms with van der Waals surface area (Å²) >= 11 is 1.62. The van der Waals surface area contributed by atoms with E-state index in [1.807, 2.05) is 48.7 Å². The van der Waals surface area contributed by atoms with Gasteiger partial charge in [-0.1, -0.05) is 31.0 Å². The van der Waals surface area contributed by atoms with E-state index in [9.17, 15) is 4.79 Å². The highest BCUT2D eigenvalue weighted by Crippen LogP contribution is 2.34. The van der Waals surface area contributed by atoms with E-state index in [1.165, 1.54) is 12.8 Å². The normalized spacial score (nSPS) is 16.0. The van der Waals surface area contributed by atoms with Crippen LogP contribution in [-0.2, 0) is 6.54 Å². The molecule has 4 rings (SSSR count). The molecule has 0 aromatic heterocycles. The monoisotopic (exact) mass is 369 g/mol. The van der Waals surface area contributed by atoms with Gasteiger partial charge in [0.1, 0.15) is 0 Å². The number of hydrogen-bond acceptors (Lipinski definition) is 4. The van der Waals surface area contributed by atoms with Crippen LogP contribution in [0.1, 0.15) is 41.6 Å². The lowest BCUT2D eigenvalue weighted by Crippen LogP contribution is -2.38. The number of nitrogens with zero attached hydrogens (tertiary/aromatic N) is 1. The van der Waals surface area contributed by atoms with E-state index < -0.39 is 0 Å². The average molecular weight is 369 g/mol. The Hall–Kier alpha value is -2.14. The molecule has 1 aliphatic heterocycles. The van der Waals surface area contributed by atoms with Gasteiger partial charge in [-0.3, -0.25) is 4.79 Å². The quantitative estimate of drug-likeness (QED) is 0.715. The molecule has 0 unspecified atom stereocenters. The topological polar surface area (TPSA) is 38.8 Å². The van der Waals surface area contributed by atoms with Gasteiger partial charge >= 0.3 is 0 Å². The molecule has 0 radical (unpaired) electrons. The Morgan fingerprint density at radius 2 is 1.88 bits per heavy atom. The van der Waals surface area contributed by atoms with Gasteiger partial charge in [-0.25, -0.2) is 0 Å². The first-order chi connectivity index (χ1) is 12.8. The van der Waals surface area contributed by atoms with Gasteiger partial charge < -0.3 is 14.4 Å². The molecule has 0 spiro atoms. The van der Waals surface area contributed by atoms with Gasteiger partial charge in [0.15, 0.2) is 11.5 Å². The third kappa shape index (κ3) is 3.40. The van der Waals surface area contributed by atoms with Crippen molar-refractivity contribution in [2.24, 2.45) is 0 Å². The molecule has 1 aliphatic carbocycles. The molecule has 0 N–H and O–H groups in total. The van der Waals surface area contributed by atoms with Gasteiger partial charge in [-0.15, -0.1) is 11.8 Å². The summed E-state index contributed by atoms with van der Waals surface area (Å²) in [6, 6.07) is 14.2. The van der Waals surface area contributed by atoms with Crippen LogP contribution in [0.4, 0.5) is 0 Å². The fraction of sp³-hybridized carbons (Fsp3) is 0.381. The Kier molecular flexibility index (Phi) is 5.07. The van der Waals surface area contributed by atoms with Gasteiger partial charge in [0.05, 0.1) is 5.56 Å². The predicted octanol–water partition coefficient (Wildman–Crippen LogP) is 4.72. The fourth-order valence-corrected chi connectivity index (χ4v) is 4.38. The standard InChI is InChI=1S/C21H23NO3S/c1-26-20-9-5-4-8-17(20)21(23)22(16-6-2-3-7-16)13-15-10-11-18-19(12-15)25-14-24-18/h4-5,8-12,16H,2-3,6-7,13-14H2,1H3. The highest BCUT2D eigenvalue weighted by molar-refractivity contribution is 7.98. The Bertz CT molecular complexity index is 802. The van der Waals surface area contributed by atoms with Crippen LogP contribution < -0.4 is 9.47 Å². The van der Waals surface area contributed by atoms with Crippen LogP contribution in [-0.4, -0.2) is 29.9 Å². The van der Waals surface area contributed by atoms with E-state index in [2.05, 4.69) is 4.90 Å². The molecular formula is C21H23NO3S. The number of ether oxygens (including phenoxy) is 2. The highest BCUT2D eigenvalue weighted by Gasteiger charge is 2.29. The van der Waals surface area contributed by atoms with E-state index in [-0.39, 0.29) is 12.7 Å². The number of amides is 1.